The monoisotopic (exact) mass is 725 g/mol. The molecule has 266 valence electrons. The van der Waals surface area contributed by atoms with Crippen LogP contribution in [0.1, 0.15) is 0 Å². The topological polar surface area (TPSA) is 14.8 Å². The molecule has 3 nitrogen and oxygen atoms in total. The molecule has 0 saturated carbocycles. The lowest BCUT2D eigenvalue weighted by Crippen LogP contribution is -2.01. The van der Waals surface area contributed by atoms with Gasteiger partial charge < -0.3 is 13.7 Å². The summed E-state index contributed by atoms with van der Waals surface area (Å²) >= 11 is 0. The molecule has 3 heteroatoms. The van der Waals surface area contributed by atoms with Crippen molar-refractivity contribution in [2.24, 2.45) is 0 Å². The molecule has 0 aliphatic heterocycles. The van der Waals surface area contributed by atoms with Gasteiger partial charge in [0.15, 0.2) is 0 Å². The first-order chi connectivity index (χ1) is 28.3. The van der Waals surface area contributed by atoms with Crippen LogP contribution in [-0.4, -0.2) is 13.7 Å². The average molecular weight is 726 g/mol. The maximum atomic E-state index is 2.51. The Balaban J connectivity index is 1.24. The van der Waals surface area contributed by atoms with Gasteiger partial charge in [-0.3, -0.25) is 0 Å². The van der Waals surface area contributed by atoms with Gasteiger partial charge >= 0.3 is 0 Å². The first-order valence-corrected chi connectivity index (χ1v) is 19.6. The van der Waals surface area contributed by atoms with Crippen molar-refractivity contribution in [3.63, 3.8) is 0 Å². The third kappa shape index (κ3) is 4.60. The molecule has 0 amide bonds. The number of aromatic nitrogens is 3. The Morgan fingerprint density at radius 3 is 1.39 bits per heavy atom. The maximum Gasteiger partial charge on any atom is 0.0626 e. The smallest absolute Gasteiger partial charge is 0.0626 e. The lowest BCUT2D eigenvalue weighted by atomic mass is 9.91. The van der Waals surface area contributed by atoms with Crippen molar-refractivity contribution in [1.29, 1.82) is 0 Å². The number of hydrogen-bond acceptors (Lipinski definition) is 0. The zero-order valence-electron chi connectivity index (χ0n) is 31.0. The Bertz CT molecular complexity index is 3500. The summed E-state index contributed by atoms with van der Waals surface area (Å²) < 4.78 is 7.40. The molecule has 0 unspecified atom stereocenters. The second kappa shape index (κ2) is 12.5. The molecular weight excluding hydrogens is 691 g/mol. The summed E-state index contributed by atoms with van der Waals surface area (Å²) in [5.41, 5.74) is 15.4. The van der Waals surface area contributed by atoms with Crippen molar-refractivity contribution in [3.05, 3.63) is 212 Å². The molecule has 57 heavy (non-hydrogen) atoms. The first-order valence-electron chi connectivity index (χ1n) is 19.6. The Labute approximate surface area is 329 Å². The average Bonchev–Trinajstić information content (AvgIpc) is 3.93. The van der Waals surface area contributed by atoms with Gasteiger partial charge in [-0.05, 0) is 71.8 Å². The van der Waals surface area contributed by atoms with Crippen LogP contribution in [0.15, 0.2) is 212 Å². The van der Waals surface area contributed by atoms with Gasteiger partial charge in [-0.15, -0.1) is 0 Å². The largest absolute Gasteiger partial charge is 0.309 e. The number of nitrogens with zero attached hydrogens (tertiary/aromatic N) is 3. The van der Waals surface area contributed by atoms with Crippen LogP contribution in [0.25, 0.3) is 105 Å². The summed E-state index contributed by atoms with van der Waals surface area (Å²) in [7, 11) is 0. The second-order valence-electron chi connectivity index (χ2n) is 14.9. The van der Waals surface area contributed by atoms with E-state index in [2.05, 4.69) is 226 Å². The van der Waals surface area contributed by atoms with Gasteiger partial charge in [0.2, 0.25) is 0 Å². The lowest BCUT2D eigenvalue weighted by Gasteiger charge is -2.20. The van der Waals surface area contributed by atoms with E-state index in [-0.39, 0.29) is 0 Å². The maximum absolute atomic E-state index is 2.51. The summed E-state index contributed by atoms with van der Waals surface area (Å²) in [5.74, 6) is 0. The number of benzene rings is 9. The summed E-state index contributed by atoms with van der Waals surface area (Å²) in [5, 5.41) is 7.50. The van der Waals surface area contributed by atoms with E-state index in [0.717, 1.165) is 17.1 Å². The minimum absolute atomic E-state index is 1.14. The number of fused-ring (bicyclic) bond motifs is 10. The van der Waals surface area contributed by atoms with Gasteiger partial charge in [-0.25, -0.2) is 0 Å². The molecule has 12 rings (SSSR count). The molecule has 0 spiro atoms. The quantitative estimate of drug-likeness (QED) is 0.168. The van der Waals surface area contributed by atoms with Crippen LogP contribution >= 0.6 is 0 Å². The van der Waals surface area contributed by atoms with E-state index in [1.54, 1.807) is 0 Å². The van der Waals surface area contributed by atoms with Crippen LogP contribution in [0.2, 0.25) is 0 Å². The highest BCUT2D eigenvalue weighted by Crippen LogP contribution is 2.48. The van der Waals surface area contributed by atoms with Crippen LogP contribution in [0.4, 0.5) is 0 Å². The number of para-hydroxylation sites is 6. The Morgan fingerprint density at radius 2 is 0.737 bits per heavy atom. The SMILES string of the molecule is c1ccc(-c2ccc3c4ccccc4n(-c4ccccc4)c3c2-c2ccccc2-n2c3ccccc3c3c4c5ccccc5n(-c5ccccc5)c4ccc32)cc1. The summed E-state index contributed by atoms with van der Waals surface area (Å²) in [6.07, 6.45) is 0. The van der Waals surface area contributed by atoms with Crippen molar-refractivity contribution in [3.8, 4) is 39.3 Å². The molecule has 0 saturated heterocycles. The van der Waals surface area contributed by atoms with Crippen molar-refractivity contribution in [2.75, 3.05) is 0 Å². The Hall–Kier alpha value is -7.62. The fourth-order valence-corrected chi connectivity index (χ4v) is 9.55. The Kier molecular flexibility index (Phi) is 6.93. The summed E-state index contributed by atoms with van der Waals surface area (Å²) in [4.78, 5) is 0. The summed E-state index contributed by atoms with van der Waals surface area (Å²) in [6, 6.07) is 77.4. The molecule has 0 fully saturated rings. The minimum Gasteiger partial charge on any atom is -0.309 e. The highest BCUT2D eigenvalue weighted by Gasteiger charge is 2.25. The highest BCUT2D eigenvalue weighted by atomic mass is 15.0. The lowest BCUT2D eigenvalue weighted by molar-refractivity contribution is 1.17. The van der Waals surface area contributed by atoms with E-state index in [0.29, 0.717) is 0 Å². The molecule has 0 N–H and O–H groups in total. The van der Waals surface area contributed by atoms with Crippen LogP contribution in [-0.2, 0) is 0 Å². The van der Waals surface area contributed by atoms with Crippen molar-refractivity contribution in [1.82, 2.24) is 13.7 Å². The van der Waals surface area contributed by atoms with Crippen LogP contribution in [0, 0.1) is 0 Å². The van der Waals surface area contributed by atoms with Crippen molar-refractivity contribution in [2.45, 2.75) is 0 Å². The van der Waals surface area contributed by atoms with Gasteiger partial charge in [-0.1, -0.05) is 152 Å². The van der Waals surface area contributed by atoms with E-state index in [9.17, 15) is 0 Å². The molecule has 3 aromatic heterocycles. The molecule has 0 atom stereocenters. The number of hydrogen-bond donors (Lipinski definition) is 0. The van der Waals surface area contributed by atoms with Gasteiger partial charge in [0.25, 0.3) is 0 Å². The summed E-state index contributed by atoms with van der Waals surface area (Å²) in [6.45, 7) is 0. The van der Waals surface area contributed by atoms with Gasteiger partial charge in [-0.2, -0.15) is 0 Å². The molecular formula is C54H35N3. The van der Waals surface area contributed by atoms with Gasteiger partial charge in [0.1, 0.15) is 0 Å². The van der Waals surface area contributed by atoms with E-state index >= 15 is 0 Å². The van der Waals surface area contributed by atoms with E-state index in [1.807, 2.05) is 0 Å². The predicted molar refractivity (Wildman–Crippen MR) is 240 cm³/mol. The van der Waals surface area contributed by atoms with Crippen LogP contribution in [0.3, 0.4) is 0 Å². The van der Waals surface area contributed by atoms with E-state index in [4.69, 9.17) is 0 Å². The second-order valence-corrected chi connectivity index (χ2v) is 14.9. The first kappa shape index (κ1) is 31.7. The fraction of sp³-hybridized carbons (Fsp3) is 0. The molecule has 9 aromatic carbocycles. The molecule has 0 bridgehead atoms. The van der Waals surface area contributed by atoms with Crippen LogP contribution in [0.5, 0.6) is 0 Å². The van der Waals surface area contributed by atoms with Gasteiger partial charge in [0.05, 0.1) is 38.8 Å². The van der Waals surface area contributed by atoms with Gasteiger partial charge in [0, 0.05) is 54.8 Å². The van der Waals surface area contributed by atoms with Crippen molar-refractivity contribution >= 4 is 65.4 Å². The van der Waals surface area contributed by atoms with E-state index < -0.39 is 0 Å². The standard InChI is InChI=1S/C54H35N3/c1-4-18-36(19-5-1)39-32-33-41-40-24-10-14-28-45(40)56(38-22-8-3-9-23-38)54(41)51(39)42-25-11-16-30-47(42)57-48-31-17-13-27-44(48)53-50(57)35-34-49-52(53)43-26-12-15-29-46(43)55(49)37-20-6-2-7-21-37/h1-35H. The number of rotatable bonds is 5. The van der Waals surface area contributed by atoms with Crippen LogP contribution < -0.4 is 0 Å². The highest BCUT2D eigenvalue weighted by molar-refractivity contribution is 6.29. The Morgan fingerprint density at radius 1 is 0.263 bits per heavy atom. The zero-order valence-corrected chi connectivity index (χ0v) is 31.0. The van der Waals surface area contributed by atoms with Crippen molar-refractivity contribution < 1.29 is 0 Å². The predicted octanol–water partition coefficient (Wildman–Crippen LogP) is 14.3. The zero-order chi connectivity index (χ0) is 37.5. The third-order valence-electron chi connectivity index (χ3n) is 11.8. The minimum atomic E-state index is 1.14. The normalized spacial score (nSPS) is 11.9. The molecule has 0 aliphatic carbocycles. The van der Waals surface area contributed by atoms with E-state index in [1.165, 1.54) is 87.7 Å². The molecule has 3 heterocycles. The molecule has 0 radical (unpaired) electrons. The third-order valence-corrected chi connectivity index (χ3v) is 11.8. The molecule has 12 aromatic rings. The molecule has 0 aliphatic rings. The fourth-order valence-electron chi connectivity index (χ4n) is 9.55.